The van der Waals surface area contributed by atoms with E-state index >= 15 is 0 Å². The van der Waals surface area contributed by atoms with Crippen LogP contribution < -0.4 is 5.32 Å². The molecule has 3 heteroatoms. The molecule has 0 bridgehead atoms. The fourth-order valence-corrected chi connectivity index (χ4v) is 3.49. The Balaban J connectivity index is 1.46. The first kappa shape index (κ1) is 15.7. The molecule has 3 N–H and O–H groups in total. The van der Waals surface area contributed by atoms with Gasteiger partial charge >= 0.3 is 0 Å². The van der Waals surface area contributed by atoms with Crippen LogP contribution in [0.25, 0.3) is 22.6 Å². The van der Waals surface area contributed by atoms with Crippen molar-refractivity contribution in [3.05, 3.63) is 78.0 Å². The number of H-pyrrole nitrogens is 1. The molecule has 0 saturated heterocycles. The van der Waals surface area contributed by atoms with Crippen LogP contribution in [-0.2, 0) is 0 Å². The van der Waals surface area contributed by atoms with Crippen LogP contribution in [0, 0.1) is 0 Å². The summed E-state index contributed by atoms with van der Waals surface area (Å²) in [5.74, 6) is 0.324. The zero-order valence-electron chi connectivity index (χ0n) is 14.1. The van der Waals surface area contributed by atoms with E-state index in [4.69, 9.17) is 0 Å². The molecular formula is C22H22N2O. The van der Waals surface area contributed by atoms with Gasteiger partial charge in [-0.3, -0.25) is 0 Å². The van der Waals surface area contributed by atoms with E-state index in [2.05, 4.69) is 52.8 Å². The molecule has 3 aromatic rings. The number of hydrogen-bond donors (Lipinski definition) is 3. The average Bonchev–Trinajstić information content (AvgIpc) is 3.13. The van der Waals surface area contributed by atoms with Crippen LogP contribution in [0.2, 0.25) is 0 Å². The van der Waals surface area contributed by atoms with E-state index in [1.54, 1.807) is 6.07 Å². The van der Waals surface area contributed by atoms with Crippen LogP contribution in [-0.4, -0.2) is 22.7 Å². The first-order valence-electron chi connectivity index (χ1n) is 8.75. The smallest absolute Gasteiger partial charge is 0.123 e. The Kier molecular flexibility index (Phi) is 4.40. The zero-order chi connectivity index (χ0) is 17.1. The van der Waals surface area contributed by atoms with Gasteiger partial charge in [0.15, 0.2) is 0 Å². The molecule has 126 valence electrons. The van der Waals surface area contributed by atoms with Crippen molar-refractivity contribution < 1.29 is 5.11 Å². The van der Waals surface area contributed by atoms with Crippen molar-refractivity contribution in [3.8, 4) is 5.75 Å². The van der Waals surface area contributed by atoms with Gasteiger partial charge in [-0.15, -0.1) is 0 Å². The predicted octanol–water partition coefficient (Wildman–Crippen LogP) is 4.72. The maximum absolute atomic E-state index is 10.2. The standard InChI is InChI=1S/C22H22N2O/c25-22-10-9-21-19(12-14-24-21)20(22)8-4-7-18-15-17(11-13-23-18)16-5-2-1-3-6-16/h1-6,8-12,14,18,23-25H,7,13,15H2/b8-4+. The number of aromatic amines is 1. The topological polar surface area (TPSA) is 48.0 Å². The molecule has 2 heterocycles. The molecule has 0 spiro atoms. The first-order chi connectivity index (χ1) is 12.3. The molecule has 0 fully saturated rings. The predicted molar refractivity (Wildman–Crippen MR) is 104 cm³/mol. The third-order valence-electron chi connectivity index (χ3n) is 4.82. The molecule has 1 aromatic heterocycles. The highest BCUT2D eigenvalue weighted by molar-refractivity contribution is 5.91. The molecule has 3 nitrogen and oxygen atoms in total. The summed E-state index contributed by atoms with van der Waals surface area (Å²) in [6.07, 6.45) is 10.3. The number of hydrogen-bond acceptors (Lipinski definition) is 2. The number of phenols is 1. The van der Waals surface area contributed by atoms with Gasteiger partial charge in [-0.1, -0.05) is 48.6 Å². The van der Waals surface area contributed by atoms with E-state index in [0.29, 0.717) is 11.8 Å². The summed E-state index contributed by atoms with van der Waals surface area (Å²) in [6.45, 7) is 0.904. The summed E-state index contributed by atoms with van der Waals surface area (Å²) < 4.78 is 0. The van der Waals surface area contributed by atoms with Gasteiger partial charge in [0.1, 0.15) is 5.75 Å². The Morgan fingerprint density at radius 3 is 2.84 bits per heavy atom. The maximum Gasteiger partial charge on any atom is 0.123 e. The van der Waals surface area contributed by atoms with E-state index in [1.807, 2.05) is 24.4 Å². The Morgan fingerprint density at radius 2 is 1.96 bits per heavy atom. The summed E-state index contributed by atoms with van der Waals surface area (Å²) in [7, 11) is 0. The minimum Gasteiger partial charge on any atom is -0.507 e. The van der Waals surface area contributed by atoms with Crippen LogP contribution in [0.5, 0.6) is 5.75 Å². The van der Waals surface area contributed by atoms with E-state index in [1.165, 1.54) is 11.1 Å². The van der Waals surface area contributed by atoms with Gasteiger partial charge in [0.2, 0.25) is 0 Å². The Morgan fingerprint density at radius 1 is 1.08 bits per heavy atom. The van der Waals surface area contributed by atoms with Crippen LogP contribution in [0.15, 0.2) is 66.9 Å². The molecular weight excluding hydrogens is 308 g/mol. The fraction of sp³-hybridized carbons (Fsp3) is 0.182. The fourth-order valence-electron chi connectivity index (χ4n) is 3.49. The summed E-state index contributed by atoms with van der Waals surface area (Å²) >= 11 is 0. The lowest BCUT2D eigenvalue weighted by Gasteiger charge is -2.23. The molecule has 1 aliphatic heterocycles. The van der Waals surface area contributed by atoms with Gasteiger partial charge in [0.25, 0.3) is 0 Å². The van der Waals surface area contributed by atoms with Crippen LogP contribution >= 0.6 is 0 Å². The minimum absolute atomic E-state index is 0.324. The molecule has 1 atom stereocenters. The van der Waals surface area contributed by atoms with Crippen molar-refractivity contribution >= 4 is 22.6 Å². The number of aromatic nitrogens is 1. The van der Waals surface area contributed by atoms with Gasteiger partial charge in [-0.2, -0.15) is 0 Å². The molecule has 0 aliphatic carbocycles. The number of rotatable bonds is 4. The maximum atomic E-state index is 10.2. The molecule has 2 aromatic carbocycles. The second-order valence-electron chi connectivity index (χ2n) is 6.48. The summed E-state index contributed by atoms with van der Waals surface area (Å²) in [5, 5.41) is 14.8. The molecule has 25 heavy (non-hydrogen) atoms. The van der Waals surface area contributed by atoms with Gasteiger partial charge in [0, 0.05) is 35.2 Å². The number of benzene rings is 2. The highest BCUT2D eigenvalue weighted by atomic mass is 16.3. The lowest BCUT2D eigenvalue weighted by Crippen LogP contribution is -2.32. The molecule has 1 aliphatic rings. The lowest BCUT2D eigenvalue weighted by atomic mass is 9.93. The van der Waals surface area contributed by atoms with Crippen molar-refractivity contribution in [2.75, 3.05) is 6.54 Å². The van der Waals surface area contributed by atoms with Crippen molar-refractivity contribution in [1.29, 1.82) is 0 Å². The van der Waals surface area contributed by atoms with E-state index in [9.17, 15) is 5.11 Å². The van der Waals surface area contributed by atoms with Gasteiger partial charge in [-0.25, -0.2) is 0 Å². The number of nitrogens with one attached hydrogen (secondary N) is 2. The van der Waals surface area contributed by atoms with Crippen molar-refractivity contribution in [1.82, 2.24) is 10.3 Å². The van der Waals surface area contributed by atoms with Crippen LogP contribution in [0.4, 0.5) is 0 Å². The second kappa shape index (κ2) is 6.99. The molecule has 1 unspecified atom stereocenters. The van der Waals surface area contributed by atoms with E-state index in [-0.39, 0.29) is 0 Å². The van der Waals surface area contributed by atoms with Crippen LogP contribution in [0.3, 0.4) is 0 Å². The monoisotopic (exact) mass is 330 g/mol. The number of aromatic hydroxyl groups is 1. The Bertz CT molecular complexity index is 922. The largest absolute Gasteiger partial charge is 0.507 e. The van der Waals surface area contributed by atoms with Gasteiger partial charge in [0.05, 0.1) is 0 Å². The third-order valence-corrected chi connectivity index (χ3v) is 4.82. The molecule has 0 radical (unpaired) electrons. The molecule has 0 saturated carbocycles. The van der Waals surface area contributed by atoms with Crippen molar-refractivity contribution in [2.45, 2.75) is 18.9 Å². The van der Waals surface area contributed by atoms with Gasteiger partial charge in [-0.05, 0) is 42.2 Å². The average molecular weight is 330 g/mol. The van der Waals surface area contributed by atoms with Gasteiger partial charge < -0.3 is 15.4 Å². The summed E-state index contributed by atoms with van der Waals surface area (Å²) in [5.41, 5.74) is 4.65. The lowest BCUT2D eigenvalue weighted by molar-refractivity contribution is 0.475. The minimum atomic E-state index is 0.324. The summed E-state index contributed by atoms with van der Waals surface area (Å²) in [6, 6.07) is 16.7. The first-order valence-corrected chi connectivity index (χ1v) is 8.75. The quantitative estimate of drug-likeness (QED) is 0.648. The SMILES string of the molecule is Oc1ccc2[nH]ccc2c1/C=C/CC1CC(c2ccccc2)=CCN1. The second-order valence-corrected chi connectivity index (χ2v) is 6.48. The Labute approximate surface area is 147 Å². The third kappa shape index (κ3) is 3.37. The molecule has 4 rings (SSSR count). The van der Waals surface area contributed by atoms with E-state index in [0.717, 1.165) is 35.9 Å². The van der Waals surface area contributed by atoms with Crippen molar-refractivity contribution in [3.63, 3.8) is 0 Å². The number of fused-ring (bicyclic) bond motifs is 1. The molecule has 0 amide bonds. The van der Waals surface area contributed by atoms with Crippen LogP contribution in [0.1, 0.15) is 24.0 Å². The van der Waals surface area contributed by atoms with E-state index < -0.39 is 0 Å². The number of phenolic OH excluding ortho intramolecular Hbond substituents is 1. The normalized spacial score (nSPS) is 17.9. The summed E-state index contributed by atoms with van der Waals surface area (Å²) in [4.78, 5) is 3.19. The van der Waals surface area contributed by atoms with Crippen molar-refractivity contribution in [2.24, 2.45) is 0 Å². The zero-order valence-corrected chi connectivity index (χ0v) is 14.1. The highest BCUT2D eigenvalue weighted by Gasteiger charge is 2.14. The highest BCUT2D eigenvalue weighted by Crippen LogP contribution is 2.28. The Hall–Kier alpha value is -2.78.